The van der Waals surface area contributed by atoms with E-state index in [1.165, 1.54) is 25.7 Å². The van der Waals surface area contributed by atoms with Crippen molar-refractivity contribution in [3.63, 3.8) is 0 Å². The van der Waals surface area contributed by atoms with E-state index in [4.69, 9.17) is 10.5 Å². The van der Waals surface area contributed by atoms with Crippen LogP contribution in [-0.4, -0.2) is 32.9 Å². The summed E-state index contributed by atoms with van der Waals surface area (Å²) in [4.78, 5) is 0. The second-order valence-electron chi connectivity index (χ2n) is 3.54. The van der Waals surface area contributed by atoms with E-state index in [9.17, 15) is 0 Å². The molecular weight excluding hydrogens is 182 g/mol. The monoisotopic (exact) mass is 197 g/mol. The third-order valence-electron chi connectivity index (χ3n) is 2.52. The average molecular weight is 197 g/mol. The maximum Gasteiger partial charge on any atom is 0.240 e. The fourth-order valence-corrected chi connectivity index (χ4v) is 1.73. The lowest BCUT2D eigenvalue weighted by Gasteiger charge is -2.10. The number of nitrogens with zero attached hydrogens (tertiary/aromatic N) is 4. The fourth-order valence-electron chi connectivity index (χ4n) is 1.73. The highest BCUT2D eigenvalue weighted by Crippen LogP contribution is 2.20. The standard InChI is InChI=1S/C8H15N5O/c9-8-10-11-12-13(8)5-6-14-7-3-1-2-4-7/h7H,1-6H2,(H2,9,10,12). The fraction of sp³-hybridized carbons (Fsp3) is 0.875. The molecule has 0 amide bonds. The van der Waals surface area contributed by atoms with Gasteiger partial charge in [0.05, 0.1) is 19.3 Å². The summed E-state index contributed by atoms with van der Waals surface area (Å²) < 4.78 is 7.21. The Balaban J connectivity index is 1.70. The summed E-state index contributed by atoms with van der Waals surface area (Å²) in [7, 11) is 0. The van der Waals surface area contributed by atoms with E-state index >= 15 is 0 Å². The van der Waals surface area contributed by atoms with Crippen LogP contribution in [0.3, 0.4) is 0 Å². The number of nitrogens with two attached hydrogens (primary N) is 1. The number of anilines is 1. The number of tetrazole rings is 1. The van der Waals surface area contributed by atoms with Crippen LogP contribution in [-0.2, 0) is 11.3 Å². The number of nitrogen functional groups attached to an aromatic ring is 1. The first-order valence-corrected chi connectivity index (χ1v) is 4.99. The second kappa shape index (κ2) is 4.36. The zero-order valence-corrected chi connectivity index (χ0v) is 8.09. The molecule has 2 N–H and O–H groups in total. The van der Waals surface area contributed by atoms with Gasteiger partial charge in [-0.1, -0.05) is 17.9 Å². The first-order chi connectivity index (χ1) is 6.86. The van der Waals surface area contributed by atoms with E-state index in [0.717, 1.165) is 0 Å². The normalized spacial score (nSPS) is 17.7. The van der Waals surface area contributed by atoms with Crippen LogP contribution in [0.2, 0.25) is 0 Å². The maximum atomic E-state index is 5.66. The number of rotatable bonds is 4. The molecule has 0 aromatic carbocycles. The molecule has 1 fully saturated rings. The van der Waals surface area contributed by atoms with Gasteiger partial charge in [-0.25, -0.2) is 4.68 Å². The Morgan fingerprint density at radius 1 is 1.43 bits per heavy atom. The van der Waals surface area contributed by atoms with Crippen molar-refractivity contribution in [2.24, 2.45) is 0 Å². The Hall–Kier alpha value is -1.17. The summed E-state index contributed by atoms with van der Waals surface area (Å²) in [5.41, 5.74) is 5.51. The molecule has 0 unspecified atom stereocenters. The van der Waals surface area contributed by atoms with Crippen molar-refractivity contribution in [2.45, 2.75) is 38.3 Å². The summed E-state index contributed by atoms with van der Waals surface area (Å²) >= 11 is 0. The van der Waals surface area contributed by atoms with Crippen LogP contribution in [0, 0.1) is 0 Å². The Bertz CT molecular complexity index is 281. The minimum Gasteiger partial charge on any atom is -0.376 e. The van der Waals surface area contributed by atoms with Gasteiger partial charge in [-0.15, -0.1) is 0 Å². The lowest BCUT2D eigenvalue weighted by Crippen LogP contribution is -2.15. The minimum absolute atomic E-state index is 0.347. The molecule has 0 atom stereocenters. The molecule has 14 heavy (non-hydrogen) atoms. The summed E-state index contributed by atoms with van der Waals surface area (Å²) in [6, 6.07) is 0. The van der Waals surface area contributed by atoms with Crippen molar-refractivity contribution in [3.8, 4) is 0 Å². The summed E-state index contributed by atoms with van der Waals surface area (Å²) in [5.74, 6) is 0.347. The van der Waals surface area contributed by atoms with E-state index < -0.39 is 0 Å². The number of hydrogen-bond acceptors (Lipinski definition) is 5. The van der Waals surface area contributed by atoms with E-state index in [1.54, 1.807) is 4.68 Å². The first kappa shape index (κ1) is 9.39. The van der Waals surface area contributed by atoms with Gasteiger partial charge in [-0.05, 0) is 23.3 Å². The summed E-state index contributed by atoms with van der Waals surface area (Å²) in [6.45, 7) is 1.27. The highest BCUT2D eigenvalue weighted by molar-refractivity contribution is 5.09. The third-order valence-corrected chi connectivity index (χ3v) is 2.52. The van der Waals surface area contributed by atoms with Crippen molar-refractivity contribution < 1.29 is 4.74 Å². The van der Waals surface area contributed by atoms with Crippen molar-refractivity contribution in [2.75, 3.05) is 12.3 Å². The summed E-state index contributed by atoms with van der Waals surface area (Å²) in [5, 5.41) is 10.8. The molecule has 78 valence electrons. The molecule has 1 aromatic rings. The lowest BCUT2D eigenvalue weighted by molar-refractivity contribution is 0.0515. The van der Waals surface area contributed by atoms with Crippen molar-refractivity contribution in [3.05, 3.63) is 0 Å². The van der Waals surface area contributed by atoms with E-state index in [2.05, 4.69) is 15.5 Å². The number of ether oxygens (including phenoxy) is 1. The quantitative estimate of drug-likeness (QED) is 0.746. The van der Waals surface area contributed by atoms with Crippen LogP contribution in [0.5, 0.6) is 0 Å². The smallest absolute Gasteiger partial charge is 0.240 e. The Labute approximate surface area is 82.4 Å². The van der Waals surface area contributed by atoms with Gasteiger partial charge in [0.15, 0.2) is 0 Å². The Morgan fingerprint density at radius 3 is 2.86 bits per heavy atom. The first-order valence-electron chi connectivity index (χ1n) is 4.99. The molecular formula is C8H15N5O. The van der Waals surface area contributed by atoms with Gasteiger partial charge in [0.1, 0.15) is 0 Å². The maximum absolute atomic E-state index is 5.66. The predicted octanol–water partition coefficient (Wildman–Crippen LogP) is 0.214. The van der Waals surface area contributed by atoms with Gasteiger partial charge in [-0.3, -0.25) is 0 Å². The largest absolute Gasteiger partial charge is 0.376 e. The molecule has 0 aliphatic heterocycles. The molecule has 6 nitrogen and oxygen atoms in total. The lowest BCUT2D eigenvalue weighted by atomic mass is 10.3. The van der Waals surface area contributed by atoms with E-state index in [0.29, 0.717) is 25.2 Å². The van der Waals surface area contributed by atoms with Crippen LogP contribution in [0.4, 0.5) is 5.95 Å². The highest BCUT2D eigenvalue weighted by atomic mass is 16.5. The summed E-state index contributed by atoms with van der Waals surface area (Å²) in [6.07, 6.45) is 5.39. The molecule has 6 heteroatoms. The topological polar surface area (TPSA) is 78.9 Å². The van der Waals surface area contributed by atoms with Crippen LogP contribution < -0.4 is 5.73 Å². The molecule has 1 aromatic heterocycles. The van der Waals surface area contributed by atoms with Crippen LogP contribution >= 0.6 is 0 Å². The molecule has 2 rings (SSSR count). The van der Waals surface area contributed by atoms with Crippen molar-refractivity contribution in [1.82, 2.24) is 20.2 Å². The Morgan fingerprint density at radius 2 is 2.21 bits per heavy atom. The molecule has 0 radical (unpaired) electrons. The molecule has 0 saturated heterocycles. The van der Waals surface area contributed by atoms with Crippen LogP contribution in [0.15, 0.2) is 0 Å². The third kappa shape index (κ3) is 2.20. The minimum atomic E-state index is 0.347. The van der Waals surface area contributed by atoms with Crippen LogP contribution in [0.1, 0.15) is 25.7 Å². The van der Waals surface area contributed by atoms with Gasteiger partial charge in [-0.2, -0.15) is 0 Å². The van der Waals surface area contributed by atoms with Crippen molar-refractivity contribution >= 4 is 5.95 Å². The van der Waals surface area contributed by atoms with Gasteiger partial charge in [0.2, 0.25) is 5.95 Å². The molecule has 1 aliphatic rings. The zero-order valence-electron chi connectivity index (χ0n) is 8.09. The molecule has 1 aliphatic carbocycles. The molecule has 0 spiro atoms. The van der Waals surface area contributed by atoms with Gasteiger partial charge in [0, 0.05) is 0 Å². The molecule has 0 bridgehead atoms. The van der Waals surface area contributed by atoms with E-state index in [1.807, 2.05) is 0 Å². The van der Waals surface area contributed by atoms with Gasteiger partial charge < -0.3 is 10.5 Å². The Kier molecular flexibility index (Phi) is 2.93. The van der Waals surface area contributed by atoms with E-state index in [-0.39, 0.29) is 0 Å². The number of aromatic nitrogens is 4. The number of hydrogen-bond donors (Lipinski definition) is 1. The van der Waals surface area contributed by atoms with Gasteiger partial charge in [0.25, 0.3) is 0 Å². The molecule has 1 heterocycles. The highest BCUT2D eigenvalue weighted by Gasteiger charge is 2.15. The second-order valence-corrected chi connectivity index (χ2v) is 3.54. The molecule has 1 saturated carbocycles. The van der Waals surface area contributed by atoms with Gasteiger partial charge >= 0.3 is 0 Å². The zero-order chi connectivity index (χ0) is 9.80. The van der Waals surface area contributed by atoms with Crippen molar-refractivity contribution in [1.29, 1.82) is 0 Å². The average Bonchev–Trinajstić information content (AvgIpc) is 2.78. The predicted molar refractivity (Wildman–Crippen MR) is 50.4 cm³/mol. The van der Waals surface area contributed by atoms with Crippen LogP contribution in [0.25, 0.3) is 0 Å². The SMILES string of the molecule is Nc1nnnn1CCOC1CCCC1.